The topological polar surface area (TPSA) is 58.9 Å². The van der Waals surface area contributed by atoms with Gasteiger partial charge in [0, 0.05) is 5.41 Å². The first-order valence-electron chi connectivity index (χ1n) is 8.12. The second kappa shape index (κ2) is 9.13. The van der Waals surface area contributed by atoms with Gasteiger partial charge >= 0.3 is 0 Å². The van der Waals surface area contributed by atoms with Crippen molar-refractivity contribution in [3.05, 3.63) is 53.3 Å². The second-order valence-corrected chi connectivity index (χ2v) is 10.0. The van der Waals surface area contributed by atoms with Gasteiger partial charge in [0.1, 0.15) is 0 Å². The minimum absolute atomic E-state index is 0.344. The van der Waals surface area contributed by atoms with Crippen LogP contribution < -0.4 is 9.47 Å². The van der Waals surface area contributed by atoms with E-state index < -0.39 is 12.6 Å². The monoisotopic (exact) mass is 628 g/mol. The van der Waals surface area contributed by atoms with Gasteiger partial charge in [0.05, 0.1) is 17.9 Å². The normalized spacial score (nSPS) is 14.0. The van der Waals surface area contributed by atoms with E-state index in [9.17, 15) is 10.2 Å². The lowest BCUT2D eigenvalue weighted by molar-refractivity contribution is -0.00201. The molecule has 0 fully saturated rings. The van der Waals surface area contributed by atoms with Crippen LogP contribution in [0.15, 0.2) is 42.2 Å². The quantitative estimate of drug-likeness (QED) is 0.358. The summed E-state index contributed by atoms with van der Waals surface area (Å²) in [7, 11) is 0. The van der Waals surface area contributed by atoms with Crippen LogP contribution in [0.3, 0.4) is 0 Å². The third-order valence-electron chi connectivity index (χ3n) is 4.02. The second-order valence-electron chi connectivity index (χ2n) is 6.60. The van der Waals surface area contributed by atoms with Crippen molar-refractivity contribution in [1.82, 2.24) is 0 Å². The molecule has 0 aliphatic rings. The first-order valence-corrected chi connectivity index (χ1v) is 11.3. The van der Waals surface area contributed by atoms with Crippen LogP contribution in [0.4, 0.5) is 0 Å². The molecule has 148 valence electrons. The summed E-state index contributed by atoms with van der Waals surface area (Å²) < 4.78 is 13.9. The predicted octanol–water partition coefficient (Wildman–Crippen LogP) is 6.50. The summed E-state index contributed by atoms with van der Waals surface area (Å²) in [5.74, 6) is 1.10. The van der Waals surface area contributed by atoms with E-state index in [-0.39, 0.29) is 5.41 Å². The minimum atomic E-state index is -0.912. The number of rotatable bonds is 6. The number of hydrogen-bond acceptors (Lipinski definition) is 4. The van der Waals surface area contributed by atoms with Crippen molar-refractivity contribution in [2.24, 2.45) is 0 Å². The molecule has 8 heteroatoms. The fourth-order valence-electron chi connectivity index (χ4n) is 2.57. The molecule has 0 spiro atoms. The number of aliphatic hydroxyl groups excluding tert-OH is 2. The van der Waals surface area contributed by atoms with E-state index in [1.54, 1.807) is 13.8 Å². The zero-order valence-corrected chi connectivity index (χ0v) is 21.5. The highest BCUT2D eigenvalue weighted by Gasteiger charge is 2.27. The Kier molecular flexibility index (Phi) is 7.84. The van der Waals surface area contributed by atoms with Crippen LogP contribution in [0.25, 0.3) is 0 Å². The largest absolute Gasteiger partial charge is 0.463 e. The van der Waals surface area contributed by atoms with E-state index in [4.69, 9.17) is 9.47 Å². The number of aliphatic hydroxyl groups is 2. The van der Waals surface area contributed by atoms with Crippen molar-refractivity contribution < 1.29 is 19.7 Å². The van der Waals surface area contributed by atoms with Crippen LogP contribution >= 0.6 is 63.7 Å². The van der Waals surface area contributed by atoms with E-state index in [2.05, 4.69) is 77.6 Å². The third-order valence-corrected chi connectivity index (χ3v) is 6.37. The average Bonchev–Trinajstić information content (AvgIpc) is 2.53. The summed E-state index contributed by atoms with van der Waals surface area (Å²) in [6, 6.07) is 7.91. The van der Waals surface area contributed by atoms with Gasteiger partial charge in [-0.2, -0.15) is 0 Å². The standard InChI is InChI=1S/C19H20Br4O4/c1-9(24)26-17-13(20)5-11(6-14(17)21)19(3,4)12-7-15(22)18(16(23)8-12)27-10(2)25/h5-10,24-25H,1-4H3. The Morgan fingerprint density at radius 1 is 0.704 bits per heavy atom. The number of halogens is 4. The highest BCUT2D eigenvalue weighted by atomic mass is 79.9. The lowest BCUT2D eigenvalue weighted by Crippen LogP contribution is -2.20. The van der Waals surface area contributed by atoms with Crippen LogP contribution in [0.1, 0.15) is 38.8 Å². The van der Waals surface area contributed by atoms with Gasteiger partial charge in [0.15, 0.2) is 24.1 Å². The first kappa shape index (κ1) is 23.2. The van der Waals surface area contributed by atoms with Gasteiger partial charge in [-0.3, -0.25) is 0 Å². The van der Waals surface area contributed by atoms with Crippen LogP contribution in [0, 0.1) is 0 Å². The molecule has 2 rings (SSSR count). The maximum Gasteiger partial charge on any atom is 0.194 e. The van der Waals surface area contributed by atoms with E-state index in [0.29, 0.717) is 11.5 Å². The van der Waals surface area contributed by atoms with E-state index in [1.165, 1.54) is 0 Å². The predicted molar refractivity (Wildman–Crippen MR) is 120 cm³/mol. The summed E-state index contributed by atoms with van der Waals surface area (Å²) in [5, 5.41) is 19.0. The molecule has 2 atom stereocenters. The number of ether oxygens (including phenoxy) is 2. The Morgan fingerprint density at radius 3 is 1.19 bits per heavy atom. The van der Waals surface area contributed by atoms with Gasteiger partial charge in [-0.05, 0) is 113 Å². The Labute approximate surface area is 192 Å². The fraction of sp³-hybridized carbons (Fsp3) is 0.368. The first-order chi connectivity index (χ1) is 12.4. The molecule has 0 radical (unpaired) electrons. The van der Waals surface area contributed by atoms with Crippen molar-refractivity contribution in [1.29, 1.82) is 0 Å². The lowest BCUT2D eigenvalue weighted by Gasteiger charge is -2.28. The zero-order valence-electron chi connectivity index (χ0n) is 15.2. The molecule has 0 aromatic heterocycles. The van der Waals surface area contributed by atoms with E-state index in [0.717, 1.165) is 29.0 Å². The van der Waals surface area contributed by atoms with Crippen molar-refractivity contribution in [2.45, 2.75) is 45.7 Å². The maximum atomic E-state index is 9.51. The van der Waals surface area contributed by atoms with Gasteiger partial charge in [-0.15, -0.1) is 0 Å². The zero-order chi connectivity index (χ0) is 20.5. The molecular formula is C19H20Br4O4. The molecule has 0 aliphatic heterocycles. The van der Waals surface area contributed by atoms with Crippen molar-refractivity contribution in [2.75, 3.05) is 0 Å². The fourth-order valence-corrected chi connectivity index (χ4v) is 5.32. The third kappa shape index (κ3) is 5.48. The molecule has 4 nitrogen and oxygen atoms in total. The van der Waals surface area contributed by atoms with Crippen molar-refractivity contribution in [3.8, 4) is 11.5 Å². The summed E-state index contributed by atoms with van der Waals surface area (Å²) in [5.41, 5.74) is 1.74. The Hall–Kier alpha value is -0.120. The molecule has 2 aromatic rings. The minimum Gasteiger partial charge on any atom is -0.463 e. The summed E-state index contributed by atoms with van der Waals surface area (Å²) in [4.78, 5) is 0. The van der Waals surface area contributed by atoms with Gasteiger partial charge in [0.25, 0.3) is 0 Å². The molecule has 2 N–H and O–H groups in total. The molecule has 27 heavy (non-hydrogen) atoms. The molecular weight excluding hydrogens is 612 g/mol. The van der Waals surface area contributed by atoms with Gasteiger partial charge in [0.2, 0.25) is 0 Å². The molecule has 0 amide bonds. The summed E-state index contributed by atoms with van der Waals surface area (Å²) >= 11 is 14.1. The summed E-state index contributed by atoms with van der Waals surface area (Å²) in [6.45, 7) is 7.34. The Bertz CT molecular complexity index is 721. The molecule has 0 bridgehead atoms. The number of benzene rings is 2. The highest BCUT2D eigenvalue weighted by molar-refractivity contribution is 9.11. The van der Waals surface area contributed by atoms with Crippen molar-refractivity contribution >= 4 is 63.7 Å². The maximum absolute atomic E-state index is 9.51. The smallest absolute Gasteiger partial charge is 0.194 e. The molecule has 0 aliphatic carbocycles. The molecule has 2 unspecified atom stereocenters. The Morgan fingerprint density at radius 2 is 0.963 bits per heavy atom. The average molecular weight is 632 g/mol. The van der Waals surface area contributed by atoms with Crippen molar-refractivity contribution in [3.63, 3.8) is 0 Å². The summed E-state index contributed by atoms with van der Waals surface area (Å²) in [6.07, 6.45) is -1.82. The molecule has 0 saturated carbocycles. The van der Waals surface area contributed by atoms with Gasteiger partial charge in [-0.1, -0.05) is 13.8 Å². The van der Waals surface area contributed by atoms with Gasteiger partial charge < -0.3 is 19.7 Å². The van der Waals surface area contributed by atoms with E-state index >= 15 is 0 Å². The number of hydrogen-bond donors (Lipinski definition) is 2. The van der Waals surface area contributed by atoms with Gasteiger partial charge in [-0.25, -0.2) is 0 Å². The molecule has 2 aromatic carbocycles. The highest BCUT2D eigenvalue weighted by Crippen LogP contribution is 2.44. The van der Waals surface area contributed by atoms with Crippen LogP contribution in [0.2, 0.25) is 0 Å². The van der Waals surface area contributed by atoms with Crippen LogP contribution in [-0.2, 0) is 5.41 Å². The lowest BCUT2D eigenvalue weighted by atomic mass is 9.78. The van der Waals surface area contributed by atoms with Crippen LogP contribution in [-0.4, -0.2) is 22.8 Å². The molecule has 0 heterocycles. The Balaban J connectivity index is 2.50. The molecule has 0 saturated heterocycles. The SMILES string of the molecule is CC(O)Oc1c(Br)cc(C(C)(C)c2cc(Br)c(OC(C)O)c(Br)c2)cc1Br. The van der Waals surface area contributed by atoms with Crippen LogP contribution in [0.5, 0.6) is 11.5 Å². The van der Waals surface area contributed by atoms with E-state index in [1.807, 2.05) is 24.3 Å².